The highest BCUT2D eigenvalue weighted by atomic mass is 79.9. The molecule has 0 heterocycles. The highest BCUT2D eigenvalue weighted by Crippen LogP contribution is 2.30. The zero-order valence-electron chi connectivity index (χ0n) is 9.73. The van der Waals surface area contributed by atoms with Crippen LogP contribution in [0.1, 0.15) is 18.6 Å². The second-order valence-corrected chi connectivity index (χ2v) is 4.75. The van der Waals surface area contributed by atoms with E-state index < -0.39 is 6.10 Å². The molecule has 1 N–H and O–H groups in total. The number of hydrogen-bond acceptors (Lipinski definition) is 2. The fourth-order valence-corrected chi connectivity index (χ4v) is 1.83. The summed E-state index contributed by atoms with van der Waals surface area (Å²) in [6.45, 7) is 1.66. The van der Waals surface area contributed by atoms with Crippen molar-refractivity contribution >= 4 is 15.9 Å². The van der Waals surface area contributed by atoms with E-state index in [1.807, 2.05) is 6.07 Å². The fraction of sp³-hybridized carbons (Fsp3) is 0.143. The molecular formula is C14H12BrFO2. The van der Waals surface area contributed by atoms with E-state index in [-0.39, 0.29) is 5.82 Å². The number of rotatable bonds is 3. The lowest BCUT2D eigenvalue weighted by molar-refractivity contribution is 0.195. The van der Waals surface area contributed by atoms with Gasteiger partial charge < -0.3 is 9.84 Å². The number of aliphatic hydroxyl groups is 1. The molecule has 0 bridgehead atoms. The maximum Gasteiger partial charge on any atom is 0.141 e. The Morgan fingerprint density at radius 3 is 2.61 bits per heavy atom. The van der Waals surface area contributed by atoms with Crippen LogP contribution in [0.25, 0.3) is 0 Å². The summed E-state index contributed by atoms with van der Waals surface area (Å²) in [6, 6.07) is 11.7. The van der Waals surface area contributed by atoms with Gasteiger partial charge in [0.05, 0.1) is 10.6 Å². The minimum Gasteiger partial charge on any atom is -0.457 e. The predicted octanol–water partition coefficient (Wildman–Crippen LogP) is 4.43. The first-order valence-corrected chi connectivity index (χ1v) is 6.27. The van der Waals surface area contributed by atoms with Gasteiger partial charge in [0, 0.05) is 11.6 Å². The van der Waals surface area contributed by atoms with Crippen molar-refractivity contribution in [1.29, 1.82) is 0 Å². The third kappa shape index (κ3) is 2.89. The topological polar surface area (TPSA) is 29.5 Å². The first-order chi connectivity index (χ1) is 8.58. The van der Waals surface area contributed by atoms with E-state index in [4.69, 9.17) is 4.74 Å². The zero-order chi connectivity index (χ0) is 13.1. The summed E-state index contributed by atoms with van der Waals surface area (Å²) in [5.74, 6) is 0.528. The average Bonchev–Trinajstić information content (AvgIpc) is 2.34. The molecule has 1 atom stereocenters. The lowest BCUT2D eigenvalue weighted by Crippen LogP contribution is -1.96. The van der Waals surface area contributed by atoms with E-state index in [0.717, 1.165) is 0 Å². The molecule has 0 unspecified atom stereocenters. The summed E-state index contributed by atoms with van der Waals surface area (Å²) < 4.78 is 19.3. The van der Waals surface area contributed by atoms with Crippen LogP contribution in [0.2, 0.25) is 0 Å². The third-order valence-electron chi connectivity index (χ3n) is 2.49. The second kappa shape index (κ2) is 5.50. The highest BCUT2D eigenvalue weighted by molar-refractivity contribution is 9.10. The largest absolute Gasteiger partial charge is 0.457 e. The number of aliphatic hydroxyl groups excluding tert-OH is 1. The van der Waals surface area contributed by atoms with Crippen molar-refractivity contribution in [3.8, 4) is 11.5 Å². The van der Waals surface area contributed by atoms with Gasteiger partial charge >= 0.3 is 0 Å². The van der Waals surface area contributed by atoms with Crippen molar-refractivity contribution < 1.29 is 14.2 Å². The molecule has 0 saturated carbocycles. The van der Waals surface area contributed by atoms with Crippen LogP contribution in [0.4, 0.5) is 4.39 Å². The van der Waals surface area contributed by atoms with Gasteiger partial charge in [0.15, 0.2) is 0 Å². The normalized spacial score (nSPS) is 12.2. The summed E-state index contributed by atoms with van der Waals surface area (Å²) in [4.78, 5) is 0. The molecule has 2 rings (SSSR count). The maximum absolute atomic E-state index is 13.4. The van der Waals surface area contributed by atoms with Gasteiger partial charge in [-0.15, -0.1) is 0 Å². The van der Waals surface area contributed by atoms with Gasteiger partial charge in [-0.1, -0.05) is 18.2 Å². The molecule has 4 heteroatoms. The molecule has 2 aromatic carbocycles. The molecule has 0 spiro atoms. The van der Waals surface area contributed by atoms with Crippen molar-refractivity contribution in [2.45, 2.75) is 13.0 Å². The maximum atomic E-state index is 13.4. The SMILES string of the molecule is C[C@H](O)c1ccccc1Oc1ccc(Br)c(F)c1. The first kappa shape index (κ1) is 13.1. The van der Waals surface area contributed by atoms with E-state index in [1.165, 1.54) is 6.07 Å². The fourth-order valence-electron chi connectivity index (χ4n) is 1.59. The lowest BCUT2D eigenvalue weighted by atomic mass is 10.1. The molecule has 0 fully saturated rings. The molecule has 0 radical (unpaired) electrons. The Hall–Kier alpha value is -1.39. The van der Waals surface area contributed by atoms with Crippen molar-refractivity contribution in [3.63, 3.8) is 0 Å². The number of para-hydroxylation sites is 1. The highest BCUT2D eigenvalue weighted by Gasteiger charge is 2.10. The number of halogens is 2. The van der Waals surface area contributed by atoms with E-state index in [9.17, 15) is 9.50 Å². The van der Waals surface area contributed by atoms with Crippen LogP contribution in [0, 0.1) is 5.82 Å². The van der Waals surface area contributed by atoms with Gasteiger partial charge in [0.1, 0.15) is 17.3 Å². The van der Waals surface area contributed by atoms with E-state index in [0.29, 0.717) is 21.5 Å². The van der Waals surface area contributed by atoms with Crippen molar-refractivity contribution in [3.05, 3.63) is 58.3 Å². The third-order valence-corrected chi connectivity index (χ3v) is 3.13. The van der Waals surface area contributed by atoms with Crippen LogP contribution >= 0.6 is 15.9 Å². The first-order valence-electron chi connectivity index (χ1n) is 5.48. The molecule has 94 valence electrons. The summed E-state index contributed by atoms with van der Waals surface area (Å²) >= 11 is 3.08. The number of hydrogen-bond donors (Lipinski definition) is 1. The Labute approximate surface area is 113 Å². The predicted molar refractivity (Wildman–Crippen MR) is 71.2 cm³/mol. The van der Waals surface area contributed by atoms with Gasteiger partial charge in [-0.2, -0.15) is 0 Å². The van der Waals surface area contributed by atoms with Crippen molar-refractivity contribution in [2.75, 3.05) is 0 Å². The van der Waals surface area contributed by atoms with Crippen LogP contribution in [-0.2, 0) is 0 Å². The molecule has 2 aromatic rings. The summed E-state index contributed by atoms with van der Waals surface area (Å²) in [6.07, 6.45) is -0.638. The van der Waals surface area contributed by atoms with Gasteiger partial charge in [-0.3, -0.25) is 0 Å². The molecule has 2 nitrogen and oxygen atoms in total. The average molecular weight is 311 g/mol. The summed E-state index contributed by atoms with van der Waals surface area (Å²) in [5, 5.41) is 9.62. The van der Waals surface area contributed by atoms with Gasteiger partial charge in [-0.05, 0) is 41.1 Å². The molecular weight excluding hydrogens is 299 g/mol. The van der Waals surface area contributed by atoms with E-state index >= 15 is 0 Å². The molecule has 18 heavy (non-hydrogen) atoms. The number of ether oxygens (including phenoxy) is 1. The van der Waals surface area contributed by atoms with Gasteiger partial charge in [0.2, 0.25) is 0 Å². The Kier molecular flexibility index (Phi) is 3.99. The Balaban J connectivity index is 2.31. The van der Waals surface area contributed by atoms with Crippen LogP contribution < -0.4 is 4.74 Å². The molecule has 0 aromatic heterocycles. The van der Waals surface area contributed by atoms with Gasteiger partial charge in [-0.25, -0.2) is 4.39 Å². The summed E-state index contributed by atoms with van der Waals surface area (Å²) in [5.41, 5.74) is 0.667. The standard InChI is InChI=1S/C14H12BrFO2/c1-9(17)11-4-2-3-5-14(11)18-10-6-7-12(15)13(16)8-10/h2-9,17H,1H3/t9-/m0/s1. The monoisotopic (exact) mass is 310 g/mol. The molecule has 0 aliphatic heterocycles. The Morgan fingerprint density at radius 1 is 1.22 bits per heavy atom. The minimum absolute atomic E-state index is 0.387. The van der Waals surface area contributed by atoms with E-state index in [1.54, 1.807) is 37.3 Å². The number of benzene rings is 2. The minimum atomic E-state index is -0.638. The smallest absolute Gasteiger partial charge is 0.141 e. The van der Waals surface area contributed by atoms with Crippen molar-refractivity contribution in [2.24, 2.45) is 0 Å². The van der Waals surface area contributed by atoms with Crippen LogP contribution in [0.5, 0.6) is 11.5 Å². The second-order valence-electron chi connectivity index (χ2n) is 3.89. The van der Waals surface area contributed by atoms with Crippen LogP contribution in [0.3, 0.4) is 0 Å². The molecule has 0 saturated heterocycles. The summed E-state index contributed by atoms with van der Waals surface area (Å²) in [7, 11) is 0. The Bertz CT molecular complexity index is 555. The lowest BCUT2D eigenvalue weighted by Gasteiger charge is -2.13. The van der Waals surface area contributed by atoms with Gasteiger partial charge in [0.25, 0.3) is 0 Å². The van der Waals surface area contributed by atoms with E-state index in [2.05, 4.69) is 15.9 Å². The zero-order valence-corrected chi connectivity index (χ0v) is 11.3. The molecule has 0 aliphatic carbocycles. The quantitative estimate of drug-likeness (QED) is 0.908. The van der Waals surface area contributed by atoms with Crippen molar-refractivity contribution in [1.82, 2.24) is 0 Å². The Morgan fingerprint density at radius 2 is 1.94 bits per heavy atom. The molecule has 0 aliphatic rings. The van der Waals surface area contributed by atoms with Crippen LogP contribution in [0.15, 0.2) is 46.9 Å². The molecule has 0 amide bonds. The van der Waals surface area contributed by atoms with Crippen LogP contribution in [-0.4, -0.2) is 5.11 Å².